The predicted molar refractivity (Wildman–Crippen MR) is 187 cm³/mol. The molecule has 5 rings (SSSR count). The second-order valence-electron chi connectivity index (χ2n) is 12.2. The Balaban J connectivity index is 1.30. The summed E-state index contributed by atoms with van der Waals surface area (Å²) < 4.78 is 39.0. The van der Waals surface area contributed by atoms with Gasteiger partial charge in [0.25, 0.3) is 0 Å². The molecule has 2 aromatic heterocycles. The molecular formula is C37H47N5O3S+2. The molecule has 3 aromatic carbocycles. The van der Waals surface area contributed by atoms with E-state index in [1.165, 1.54) is 11.1 Å². The zero-order valence-corrected chi connectivity index (χ0v) is 29.0. The molecule has 2 heterocycles. The number of anilines is 2. The van der Waals surface area contributed by atoms with Crippen molar-refractivity contribution in [3.8, 4) is 5.75 Å². The number of fused-ring (bicyclic) bond motifs is 2. The summed E-state index contributed by atoms with van der Waals surface area (Å²) in [5.41, 5.74) is 9.17. The maximum Gasteiger partial charge on any atom is 0.243 e. The Kier molecular flexibility index (Phi) is 10.1. The van der Waals surface area contributed by atoms with Gasteiger partial charge in [0.05, 0.1) is 34.2 Å². The van der Waals surface area contributed by atoms with Crippen LogP contribution in [0.5, 0.6) is 5.75 Å². The lowest BCUT2D eigenvalue weighted by Crippen LogP contribution is -2.35. The van der Waals surface area contributed by atoms with E-state index in [4.69, 9.17) is 4.74 Å². The maximum absolute atomic E-state index is 13.9. The van der Waals surface area contributed by atoms with E-state index in [2.05, 4.69) is 110 Å². The number of nitrogens with zero attached hydrogens (tertiary/aromatic N) is 3. The van der Waals surface area contributed by atoms with Crippen LogP contribution in [0.3, 0.4) is 0 Å². The Labute approximate surface area is 273 Å². The summed E-state index contributed by atoms with van der Waals surface area (Å²) >= 11 is 0. The van der Waals surface area contributed by atoms with Gasteiger partial charge >= 0.3 is 0 Å². The summed E-state index contributed by atoms with van der Waals surface area (Å²) in [5, 5.41) is 9.52. The van der Waals surface area contributed by atoms with Gasteiger partial charge in [-0.3, -0.25) is 0 Å². The minimum Gasteiger partial charge on any atom is -0.497 e. The molecule has 8 nitrogen and oxygen atoms in total. The summed E-state index contributed by atoms with van der Waals surface area (Å²) in [7, 11) is 2.03. The fraction of sp³-hybridized carbons (Fsp3) is 0.351. The third kappa shape index (κ3) is 7.11. The topological polar surface area (TPSA) is 78.4 Å². The smallest absolute Gasteiger partial charge is 0.243 e. The first kappa shape index (κ1) is 33.2. The zero-order valence-electron chi connectivity index (χ0n) is 28.1. The van der Waals surface area contributed by atoms with E-state index in [1.807, 2.05) is 0 Å². The van der Waals surface area contributed by atoms with E-state index in [1.54, 1.807) is 35.7 Å². The van der Waals surface area contributed by atoms with Gasteiger partial charge in [0.1, 0.15) is 19.8 Å². The van der Waals surface area contributed by atoms with Gasteiger partial charge in [-0.1, -0.05) is 12.1 Å². The van der Waals surface area contributed by atoms with Crippen LogP contribution < -0.4 is 24.5 Å². The van der Waals surface area contributed by atoms with Gasteiger partial charge in [-0.25, -0.2) is 8.42 Å². The number of aryl methyl sites for hydroxylation is 6. The largest absolute Gasteiger partial charge is 0.497 e. The molecule has 242 valence electrons. The van der Waals surface area contributed by atoms with E-state index in [0.29, 0.717) is 44.8 Å². The van der Waals surface area contributed by atoms with Crippen LogP contribution in [0.2, 0.25) is 0 Å². The summed E-state index contributed by atoms with van der Waals surface area (Å²) in [6.45, 7) is 10.5. The van der Waals surface area contributed by atoms with Crippen LogP contribution in [0, 0.1) is 27.7 Å². The van der Waals surface area contributed by atoms with Crippen molar-refractivity contribution in [3.63, 3.8) is 0 Å². The van der Waals surface area contributed by atoms with Crippen molar-refractivity contribution in [2.45, 2.75) is 45.4 Å². The Morgan fingerprint density at radius 3 is 1.57 bits per heavy atom. The lowest BCUT2D eigenvalue weighted by Gasteiger charge is -2.23. The monoisotopic (exact) mass is 641 g/mol. The fourth-order valence-corrected chi connectivity index (χ4v) is 7.48. The van der Waals surface area contributed by atoms with E-state index >= 15 is 0 Å². The maximum atomic E-state index is 13.9. The van der Waals surface area contributed by atoms with Crippen LogP contribution in [0.1, 0.15) is 35.4 Å². The molecule has 0 aliphatic heterocycles. The lowest BCUT2D eigenvalue weighted by atomic mass is 10.1. The molecule has 0 radical (unpaired) electrons. The van der Waals surface area contributed by atoms with Crippen LogP contribution in [-0.4, -0.2) is 46.0 Å². The Morgan fingerprint density at radius 2 is 1.13 bits per heavy atom. The average molecular weight is 642 g/mol. The molecule has 0 fully saturated rings. The number of sulfonamides is 1. The van der Waals surface area contributed by atoms with Gasteiger partial charge in [-0.2, -0.15) is 13.4 Å². The standard InChI is InChI=1S/C37H45N5O3S/c1-26-10-16-36-32(22-26)34(24-28(3)40(36)5)38-18-8-20-42(46(43,44)31-14-12-30(45-7)13-15-31)21-9-19-39-35-25-29(4)41(6)37-17-11-27(2)23-33(35)37/h10-17,22-25H,8-9,18-21H2,1-7H3/p+2. The van der Waals surface area contributed by atoms with E-state index in [-0.39, 0.29) is 4.90 Å². The molecule has 0 aliphatic rings. The normalized spacial score (nSPS) is 11.8. The molecule has 0 saturated heterocycles. The first-order valence-corrected chi connectivity index (χ1v) is 17.4. The molecule has 0 spiro atoms. The number of pyridine rings is 2. The molecule has 2 N–H and O–H groups in total. The SMILES string of the molecule is COc1ccc(S(=O)(=O)N(CCCNc2cc(C)[n+](C)c3ccc(C)cc23)CCCNc2cc(C)[n+](C)c3ccc(C)cc23)cc1. The highest BCUT2D eigenvalue weighted by molar-refractivity contribution is 7.89. The van der Waals surface area contributed by atoms with Gasteiger partial charge in [-0.05, 0) is 74.2 Å². The molecular weight excluding hydrogens is 595 g/mol. The Bertz CT molecular complexity index is 1870. The van der Waals surface area contributed by atoms with Gasteiger partial charge in [-0.15, -0.1) is 0 Å². The summed E-state index contributed by atoms with van der Waals surface area (Å²) in [5.74, 6) is 0.627. The average Bonchev–Trinajstić information content (AvgIpc) is 3.04. The summed E-state index contributed by atoms with van der Waals surface area (Å²) in [6, 6.07) is 23.9. The number of ether oxygens (including phenoxy) is 1. The van der Waals surface area contributed by atoms with Crippen molar-refractivity contribution in [1.29, 1.82) is 0 Å². The highest BCUT2D eigenvalue weighted by atomic mass is 32.2. The minimum absolute atomic E-state index is 0.273. The third-order valence-electron chi connectivity index (χ3n) is 8.87. The van der Waals surface area contributed by atoms with Crippen LogP contribution in [-0.2, 0) is 24.1 Å². The minimum atomic E-state index is -3.71. The molecule has 46 heavy (non-hydrogen) atoms. The number of hydrogen-bond donors (Lipinski definition) is 2. The molecule has 0 atom stereocenters. The highest BCUT2D eigenvalue weighted by Gasteiger charge is 2.24. The van der Waals surface area contributed by atoms with Crippen molar-refractivity contribution in [1.82, 2.24) is 4.31 Å². The van der Waals surface area contributed by atoms with Gasteiger partial charge < -0.3 is 15.4 Å². The molecule has 0 aliphatic carbocycles. The fourth-order valence-electron chi connectivity index (χ4n) is 5.96. The van der Waals surface area contributed by atoms with E-state index in [9.17, 15) is 8.42 Å². The molecule has 0 bridgehead atoms. The molecule has 5 aromatic rings. The van der Waals surface area contributed by atoms with Crippen LogP contribution >= 0.6 is 0 Å². The second kappa shape index (κ2) is 14.1. The number of methoxy groups -OCH3 is 1. The first-order valence-electron chi connectivity index (χ1n) is 15.9. The lowest BCUT2D eigenvalue weighted by molar-refractivity contribution is -0.651. The Hall–Kier alpha value is -4.21. The van der Waals surface area contributed by atoms with Crippen LogP contribution in [0.15, 0.2) is 77.7 Å². The first-order chi connectivity index (χ1) is 22.0. The van der Waals surface area contributed by atoms with Gasteiger partial charge in [0.2, 0.25) is 21.1 Å². The molecule has 0 saturated carbocycles. The highest BCUT2D eigenvalue weighted by Crippen LogP contribution is 2.25. The van der Waals surface area contributed by atoms with Gasteiger partial charge in [0.15, 0.2) is 11.4 Å². The van der Waals surface area contributed by atoms with Gasteiger partial charge in [0, 0.05) is 64.3 Å². The van der Waals surface area contributed by atoms with Crippen LogP contribution in [0.4, 0.5) is 11.4 Å². The number of nitrogens with one attached hydrogen (secondary N) is 2. The van der Waals surface area contributed by atoms with Crippen molar-refractivity contribution in [2.24, 2.45) is 14.1 Å². The third-order valence-corrected chi connectivity index (χ3v) is 10.8. The van der Waals surface area contributed by atoms with Crippen molar-refractivity contribution >= 4 is 43.2 Å². The number of rotatable bonds is 13. The zero-order chi connectivity index (χ0) is 33.0. The molecule has 9 heteroatoms. The number of benzene rings is 3. The second-order valence-corrected chi connectivity index (χ2v) is 14.1. The molecule has 0 amide bonds. The quantitative estimate of drug-likeness (QED) is 0.124. The summed E-state index contributed by atoms with van der Waals surface area (Å²) in [4.78, 5) is 0.273. The number of aromatic nitrogens is 2. The van der Waals surface area contributed by atoms with Crippen molar-refractivity contribution in [3.05, 3.63) is 95.3 Å². The Morgan fingerprint density at radius 1 is 0.674 bits per heavy atom. The van der Waals surface area contributed by atoms with Crippen molar-refractivity contribution in [2.75, 3.05) is 43.9 Å². The molecule has 0 unspecified atom stereocenters. The van der Waals surface area contributed by atoms with E-state index in [0.717, 1.165) is 44.6 Å². The predicted octanol–water partition coefficient (Wildman–Crippen LogP) is 5.88. The van der Waals surface area contributed by atoms with E-state index < -0.39 is 10.0 Å². The number of hydrogen-bond acceptors (Lipinski definition) is 5. The summed E-state index contributed by atoms with van der Waals surface area (Å²) in [6.07, 6.45) is 1.32. The van der Waals surface area contributed by atoms with Crippen molar-refractivity contribution < 1.29 is 22.3 Å². The van der Waals surface area contributed by atoms with Crippen LogP contribution in [0.25, 0.3) is 21.8 Å².